The van der Waals surface area contributed by atoms with E-state index in [-0.39, 0.29) is 6.10 Å². The van der Waals surface area contributed by atoms with Crippen molar-refractivity contribution in [2.24, 2.45) is 0 Å². The number of hydrogen-bond acceptors (Lipinski definition) is 4. The van der Waals surface area contributed by atoms with Crippen LogP contribution in [-0.2, 0) is 0 Å². The van der Waals surface area contributed by atoms with Crippen molar-refractivity contribution in [2.75, 3.05) is 40.3 Å². The van der Waals surface area contributed by atoms with Crippen molar-refractivity contribution < 1.29 is 5.11 Å². The number of aliphatic hydroxyl groups is 1. The second-order valence-electron chi connectivity index (χ2n) is 5.02. The van der Waals surface area contributed by atoms with E-state index in [1.807, 2.05) is 0 Å². The number of nitrogens with zero attached hydrogens (tertiary/aromatic N) is 2. The van der Waals surface area contributed by atoms with Crippen LogP contribution in [0, 0.1) is 0 Å². The van der Waals surface area contributed by atoms with Crippen LogP contribution in [0.25, 0.3) is 0 Å². The predicted molar refractivity (Wildman–Crippen MR) is 60.9 cm³/mol. The molecule has 2 fully saturated rings. The van der Waals surface area contributed by atoms with Gasteiger partial charge in [0.05, 0.1) is 6.10 Å². The third-order valence-electron chi connectivity index (χ3n) is 3.85. The third-order valence-corrected chi connectivity index (χ3v) is 3.85. The number of nitrogens with one attached hydrogen (secondary N) is 1. The van der Waals surface area contributed by atoms with Crippen LogP contribution in [-0.4, -0.2) is 73.4 Å². The zero-order valence-corrected chi connectivity index (χ0v) is 9.82. The van der Waals surface area contributed by atoms with E-state index in [4.69, 9.17) is 0 Å². The molecule has 0 saturated carbocycles. The molecule has 2 aliphatic heterocycles. The van der Waals surface area contributed by atoms with Crippen LogP contribution in [0.3, 0.4) is 0 Å². The van der Waals surface area contributed by atoms with Gasteiger partial charge in [-0.05, 0) is 33.5 Å². The maximum absolute atomic E-state index is 9.84. The summed E-state index contributed by atoms with van der Waals surface area (Å²) in [6.45, 7) is 4.03. The number of β-amino-alcohol motifs (C(OH)–C–C–N with tert-alkyl or cyclic N) is 1. The lowest BCUT2D eigenvalue weighted by atomic mass is 10.0. The molecule has 2 heterocycles. The van der Waals surface area contributed by atoms with Crippen LogP contribution in [0.4, 0.5) is 0 Å². The van der Waals surface area contributed by atoms with Gasteiger partial charge in [-0.2, -0.15) is 0 Å². The predicted octanol–water partition coefficient (Wildman–Crippen LogP) is -0.655. The average Bonchev–Trinajstić information content (AvgIpc) is 2.63. The Morgan fingerprint density at radius 1 is 1.40 bits per heavy atom. The van der Waals surface area contributed by atoms with E-state index in [1.165, 1.54) is 19.4 Å². The summed E-state index contributed by atoms with van der Waals surface area (Å²) >= 11 is 0. The largest absolute Gasteiger partial charge is 0.390 e. The van der Waals surface area contributed by atoms with E-state index in [9.17, 15) is 5.11 Å². The van der Waals surface area contributed by atoms with Gasteiger partial charge >= 0.3 is 0 Å². The minimum Gasteiger partial charge on any atom is -0.390 e. The monoisotopic (exact) mass is 213 g/mol. The molecule has 0 aliphatic carbocycles. The highest BCUT2D eigenvalue weighted by atomic mass is 16.3. The average molecular weight is 213 g/mol. The molecular formula is C11H23N3O. The Labute approximate surface area is 92.2 Å². The molecule has 88 valence electrons. The summed E-state index contributed by atoms with van der Waals surface area (Å²) in [6, 6.07) is 0.921. The molecule has 2 aliphatic rings. The smallest absolute Gasteiger partial charge is 0.0831 e. The first-order valence-corrected chi connectivity index (χ1v) is 5.97. The van der Waals surface area contributed by atoms with Crippen LogP contribution in [0.5, 0.6) is 0 Å². The lowest BCUT2D eigenvalue weighted by molar-refractivity contribution is 0.0461. The SMILES string of the molecule is CN1CCCC(N(C)C2CNCC2O)C1. The Morgan fingerprint density at radius 2 is 2.20 bits per heavy atom. The fourth-order valence-corrected chi connectivity index (χ4v) is 2.81. The van der Waals surface area contributed by atoms with Gasteiger partial charge in [-0.15, -0.1) is 0 Å². The number of rotatable bonds is 2. The van der Waals surface area contributed by atoms with Gasteiger partial charge in [-0.1, -0.05) is 0 Å². The van der Waals surface area contributed by atoms with Crippen LogP contribution < -0.4 is 5.32 Å². The summed E-state index contributed by atoms with van der Waals surface area (Å²) < 4.78 is 0. The fraction of sp³-hybridized carbons (Fsp3) is 1.00. The summed E-state index contributed by atoms with van der Waals surface area (Å²) in [7, 11) is 4.34. The number of likely N-dealkylation sites (tertiary alicyclic amines) is 1. The minimum absolute atomic E-state index is 0.192. The van der Waals surface area contributed by atoms with Gasteiger partial charge in [-0.3, -0.25) is 4.90 Å². The first-order chi connectivity index (χ1) is 7.18. The molecule has 2 N–H and O–H groups in total. The standard InChI is InChI=1S/C11H23N3O/c1-13-5-3-4-9(8-13)14(2)10-6-12-7-11(10)15/h9-12,15H,3-8H2,1-2H3. The van der Waals surface area contributed by atoms with E-state index in [0.29, 0.717) is 12.1 Å². The molecule has 3 unspecified atom stereocenters. The molecule has 0 aromatic carbocycles. The Bertz CT molecular complexity index is 212. The molecule has 2 saturated heterocycles. The summed E-state index contributed by atoms with van der Waals surface area (Å²) in [4.78, 5) is 4.76. The fourth-order valence-electron chi connectivity index (χ4n) is 2.81. The van der Waals surface area contributed by atoms with Gasteiger partial charge in [0, 0.05) is 31.7 Å². The van der Waals surface area contributed by atoms with E-state index in [0.717, 1.165) is 19.6 Å². The third kappa shape index (κ3) is 2.50. The molecule has 0 spiro atoms. The first kappa shape index (κ1) is 11.3. The maximum atomic E-state index is 9.84. The van der Waals surface area contributed by atoms with E-state index >= 15 is 0 Å². The van der Waals surface area contributed by atoms with Crippen LogP contribution >= 0.6 is 0 Å². The quantitative estimate of drug-likeness (QED) is 0.639. The number of piperidine rings is 1. The highest BCUT2D eigenvalue weighted by Gasteiger charge is 2.33. The molecule has 0 aromatic heterocycles. The van der Waals surface area contributed by atoms with Crippen molar-refractivity contribution in [3.8, 4) is 0 Å². The van der Waals surface area contributed by atoms with Gasteiger partial charge < -0.3 is 15.3 Å². The molecule has 4 nitrogen and oxygen atoms in total. The van der Waals surface area contributed by atoms with E-state index in [2.05, 4.69) is 29.2 Å². The molecule has 3 atom stereocenters. The summed E-state index contributed by atoms with van der Waals surface area (Å²) in [5.74, 6) is 0. The van der Waals surface area contributed by atoms with Crippen molar-refractivity contribution in [2.45, 2.75) is 31.0 Å². The van der Waals surface area contributed by atoms with E-state index in [1.54, 1.807) is 0 Å². The molecule has 2 rings (SSSR count). The Balaban J connectivity index is 1.91. The van der Waals surface area contributed by atoms with Crippen molar-refractivity contribution in [3.05, 3.63) is 0 Å². The van der Waals surface area contributed by atoms with Crippen LogP contribution in [0.1, 0.15) is 12.8 Å². The molecule has 0 aromatic rings. The molecule has 4 heteroatoms. The number of aliphatic hydroxyl groups excluding tert-OH is 1. The van der Waals surface area contributed by atoms with Gasteiger partial charge in [0.2, 0.25) is 0 Å². The lowest BCUT2D eigenvalue weighted by Crippen LogP contribution is -2.52. The summed E-state index contributed by atoms with van der Waals surface area (Å²) in [5, 5.41) is 13.1. The zero-order chi connectivity index (χ0) is 10.8. The Hall–Kier alpha value is -0.160. The summed E-state index contributed by atoms with van der Waals surface area (Å²) in [5.41, 5.74) is 0. The molecule has 0 amide bonds. The zero-order valence-electron chi connectivity index (χ0n) is 9.82. The van der Waals surface area contributed by atoms with Crippen molar-refractivity contribution >= 4 is 0 Å². The number of hydrogen-bond donors (Lipinski definition) is 2. The normalized spacial score (nSPS) is 38.8. The maximum Gasteiger partial charge on any atom is 0.0831 e. The van der Waals surface area contributed by atoms with Crippen molar-refractivity contribution in [1.29, 1.82) is 0 Å². The Morgan fingerprint density at radius 3 is 2.80 bits per heavy atom. The van der Waals surface area contributed by atoms with Crippen molar-refractivity contribution in [1.82, 2.24) is 15.1 Å². The molecule has 15 heavy (non-hydrogen) atoms. The first-order valence-electron chi connectivity index (χ1n) is 5.97. The lowest BCUT2D eigenvalue weighted by Gasteiger charge is -2.39. The summed E-state index contributed by atoms with van der Waals surface area (Å²) in [6.07, 6.45) is 2.36. The Kier molecular flexibility index (Phi) is 3.61. The minimum atomic E-state index is -0.192. The van der Waals surface area contributed by atoms with Crippen LogP contribution in [0.15, 0.2) is 0 Å². The van der Waals surface area contributed by atoms with E-state index < -0.39 is 0 Å². The molecule has 0 radical (unpaired) electrons. The van der Waals surface area contributed by atoms with Crippen molar-refractivity contribution in [3.63, 3.8) is 0 Å². The topological polar surface area (TPSA) is 38.7 Å². The number of likely N-dealkylation sites (N-methyl/N-ethyl adjacent to an activating group) is 2. The van der Waals surface area contributed by atoms with Gasteiger partial charge in [0.15, 0.2) is 0 Å². The molecule has 0 bridgehead atoms. The second kappa shape index (κ2) is 4.78. The molecular weight excluding hydrogens is 190 g/mol. The van der Waals surface area contributed by atoms with Gasteiger partial charge in [-0.25, -0.2) is 0 Å². The highest BCUT2D eigenvalue weighted by Crippen LogP contribution is 2.18. The highest BCUT2D eigenvalue weighted by molar-refractivity contribution is 4.91. The van der Waals surface area contributed by atoms with Gasteiger partial charge in [0.1, 0.15) is 0 Å². The van der Waals surface area contributed by atoms with Crippen LogP contribution in [0.2, 0.25) is 0 Å². The second-order valence-corrected chi connectivity index (χ2v) is 5.02. The van der Waals surface area contributed by atoms with Gasteiger partial charge in [0.25, 0.3) is 0 Å².